The maximum absolute atomic E-state index is 13.3. The first-order chi connectivity index (χ1) is 13.9. The number of fused-ring (bicyclic) bond motifs is 1. The molecule has 0 fully saturated rings. The predicted octanol–water partition coefficient (Wildman–Crippen LogP) is 5.66. The van der Waals surface area contributed by atoms with Gasteiger partial charge >= 0.3 is 0 Å². The fraction of sp³-hybridized carbons (Fsp3) is 0.200. The number of furan rings is 1. The number of aromatic nitrogens is 1. The third kappa shape index (κ3) is 3.66. The topological polar surface area (TPSA) is 55.1 Å². The van der Waals surface area contributed by atoms with Crippen LogP contribution in [-0.2, 0) is 6.54 Å². The molecular weight excluding hydrogens is 360 g/mol. The maximum atomic E-state index is 13.3. The second kappa shape index (κ2) is 7.55. The molecular formula is C25H24N2O2. The predicted molar refractivity (Wildman–Crippen MR) is 116 cm³/mol. The number of hydrogen-bond donors (Lipinski definition) is 1. The van der Waals surface area contributed by atoms with Crippen molar-refractivity contribution in [3.63, 3.8) is 0 Å². The zero-order chi connectivity index (χ0) is 20.5. The van der Waals surface area contributed by atoms with Crippen LogP contribution in [0.15, 0.2) is 59.2 Å². The lowest BCUT2D eigenvalue weighted by Crippen LogP contribution is -2.24. The molecule has 29 heavy (non-hydrogen) atoms. The van der Waals surface area contributed by atoms with Crippen LogP contribution in [0.3, 0.4) is 0 Å². The lowest BCUT2D eigenvalue weighted by Gasteiger charge is -2.16. The van der Waals surface area contributed by atoms with Crippen molar-refractivity contribution < 1.29 is 9.21 Å². The summed E-state index contributed by atoms with van der Waals surface area (Å²) >= 11 is 0. The van der Waals surface area contributed by atoms with Crippen LogP contribution in [0, 0.1) is 27.7 Å². The van der Waals surface area contributed by atoms with E-state index in [0.717, 1.165) is 44.6 Å². The Bertz CT molecular complexity index is 1190. The first-order valence-corrected chi connectivity index (χ1v) is 9.73. The van der Waals surface area contributed by atoms with Gasteiger partial charge < -0.3 is 9.73 Å². The van der Waals surface area contributed by atoms with E-state index in [4.69, 9.17) is 9.40 Å². The van der Waals surface area contributed by atoms with Crippen LogP contribution in [0.4, 0.5) is 0 Å². The van der Waals surface area contributed by atoms with Gasteiger partial charge in [-0.15, -0.1) is 0 Å². The van der Waals surface area contributed by atoms with E-state index >= 15 is 0 Å². The molecule has 0 aliphatic heterocycles. The average molecular weight is 384 g/mol. The summed E-state index contributed by atoms with van der Waals surface area (Å²) in [6.45, 7) is 8.47. The molecule has 4 aromatic rings. The van der Waals surface area contributed by atoms with E-state index in [-0.39, 0.29) is 5.91 Å². The van der Waals surface area contributed by atoms with Crippen LogP contribution in [0.2, 0.25) is 0 Å². The normalized spacial score (nSPS) is 11.0. The van der Waals surface area contributed by atoms with Crippen molar-refractivity contribution in [2.75, 3.05) is 0 Å². The van der Waals surface area contributed by atoms with E-state index in [1.165, 1.54) is 5.56 Å². The fourth-order valence-corrected chi connectivity index (χ4v) is 3.77. The highest BCUT2D eigenvalue weighted by molar-refractivity contribution is 6.09. The highest BCUT2D eigenvalue weighted by atomic mass is 16.3. The highest BCUT2D eigenvalue weighted by Crippen LogP contribution is 2.32. The summed E-state index contributed by atoms with van der Waals surface area (Å²) in [6, 6.07) is 16.1. The summed E-state index contributed by atoms with van der Waals surface area (Å²) in [7, 11) is 0. The summed E-state index contributed by atoms with van der Waals surface area (Å²) in [5.41, 5.74) is 7.62. The Labute approximate surface area is 170 Å². The first kappa shape index (κ1) is 18.9. The summed E-state index contributed by atoms with van der Waals surface area (Å²) in [5, 5.41) is 3.88. The molecule has 4 nitrogen and oxygen atoms in total. The molecule has 146 valence electrons. The first-order valence-electron chi connectivity index (χ1n) is 9.73. The van der Waals surface area contributed by atoms with E-state index < -0.39 is 0 Å². The molecule has 2 heterocycles. The quantitative estimate of drug-likeness (QED) is 0.494. The molecule has 4 rings (SSSR count). The molecule has 0 spiro atoms. The van der Waals surface area contributed by atoms with E-state index in [0.29, 0.717) is 12.1 Å². The van der Waals surface area contributed by atoms with Gasteiger partial charge in [0.25, 0.3) is 5.91 Å². The SMILES string of the molecule is Cc1ccc(-c2nc3c(C)cc(C)cc3c(C(=O)NCc3ccco3)c2C)cc1. The Morgan fingerprint density at radius 2 is 1.76 bits per heavy atom. The number of pyridine rings is 1. The van der Waals surface area contributed by atoms with Crippen LogP contribution < -0.4 is 5.32 Å². The monoisotopic (exact) mass is 384 g/mol. The molecule has 0 aliphatic rings. The molecule has 2 aromatic heterocycles. The van der Waals surface area contributed by atoms with Crippen LogP contribution in [-0.4, -0.2) is 10.9 Å². The number of carbonyl (C=O) groups is 1. The number of nitrogens with one attached hydrogen (secondary N) is 1. The number of nitrogens with zero attached hydrogens (tertiary/aromatic N) is 1. The number of aryl methyl sites for hydroxylation is 3. The third-order valence-electron chi connectivity index (χ3n) is 5.22. The Balaban J connectivity index is 1.89. The van der Waals surface area contributed by atoms with Gasteiger partial charge in [0.05, 0.1) is 29.6 Å². The summed E-state index contributed by atoms with van der Waals surface area (Å²) in [5.74, 6) is 0.602. The zero-order valence-corrected chi connectivity index (χ0v) is 17.2. The molecule has 2 aromatic carbocycles. The number of rotatable bonds is 4. The number of benzene rings is 2. The van der Waals surface area contributed by atoms with E-state index in [2.05, 4.69) is 42.6 Å². The van der Waals surface area contributed by atoms with Crippen molar-refractivity contribution in [2.24, 2.45) is 0 Å². The highest BCUT2D eigenvalue weighted by Gasteiger charge is 2.20. The van der Waals surface area contributed by atoms with Crippen LogP contribution in [0.5, 0.6) is 0 Å². The largest absolute Gasteiger partial charge is 0.467 e. The van der Waals surface area contributed by atoms with Crippen LogP contribution in [0.25, 0.3) is 22.2 Å². The van der Waals surface area contributed by atoms with Crippen molar-refractivity contribution >= 4 is 16.8 Å². The minimum Gasteiger partial charge on any atom is -0.467 e. The lowest BCUT2D eigenvalue weighted by atomic mass is 9.94. The molecule has 0 saturated carbocycles. The Kier molecular flexibility index (Phi) is 4.93. The van der Waals surface area contributed by atoms with Crippen molar-refractivity contribution in [1.82, 2.24) is 10.3 Å². The van der Waals surface area contributed by atoms with Gasteiger partial charge in [-0.2, -0.15) is 0 Å². The smallest absolute Gasteiger partial charge is 0.252 e. The van der Waals surface area contributed by atoms with Gasteiger partial charge in [0.1, 0.15) is 5.76 Å². The van der Waals surface area contributed by atoms with Gasteiger partial charge in [-0.1, -0.05) is 41.5 Å². The van der Waals surface area contributed by atoms with Crippen molar-refractivity contribution in [1.29, 1.82) is 0 Å². The van der Waals surface area contributed by atoms with Crippen molar-refractivity contribution in [3.05, 3.63) is 88.4 Å². The average Bonchev–Trinajstić information content (AvgIpc) is 3.20. The minimum absolute atomic E-state index is 0.121. The minimum atomic E-state index is -0.121. The fourth-order valence-electron chi connectivity index (χ4n) is 3.77. The van der Waals surface area contributed by atoms with Gasteiger partial charge in [0.2, 0.25) is 0 Å². The van der Waals surface area contributed by atoms with Gasteiger partial charge in [-0.25, -0.2) is 4.98 Å². The zero-order valence-electron chi connectivity index (χ0n) is 17.2. The number of carbonyl (C=O) groups excluding carboxylic acids is 1. The Morgan fingerprint density at radius 1 is 1.00 bits per heavy atom. The molecule has 0 radical (unpaired) electrons. The summed E-state index contributed by atoms with van der Waals surface area (Å²) in [4.78, 5) is 18.2. The molecule has 1 N–H and O–H groups in total. The Hall–Kier alpha value is -3.40. The number of amides is 1. The van der Waals surface area contributed by atoms with Crippen LogP contribution >= 0.6 is 0 Å². The van der Waals surface area contributed by atoms with Gasteiger partial charge in [0, 0.05) is 10.9 Å². The van der Waals surface area contributed by atoms with Crippen LogP contribution in [0.1, 0.15) is 38.4 Å². The van der Waals surface area contributed by atoms with Crippen molar-refractivity contribution in [3.8, 4) is 11.3 Å². The molecule has 0 unspecified atom stereocenters. The van der Waals surface area contributed by atoms with E-state index in [1.54, 1.807) is 6.26 Å². The summed E-state index contributed by atoms with van der Waals surface area (Å²) in [6.07, 6.45) is 1.61. The second-order valence-corrected chi connectivity index (χ2v) is 7.57. The van der Waals surface area contributed by atoms with Gasteiger partial charge in [-0.05, 0) is 57.0 Å². The number of hydrogen-bond acceptors (Lipinski definition) is 3. The third-order valence-corrected chi connectivity index (χ3v) is 5.22. The van der Waals surface area contributed by atoms with Crippen molar-refractivity contribution in [2.45, 2.75) is 34.2 Å². The molecule has 0 saturated heterocycles. The Morgan fingerprint density at radius 3 is 2.45 bits per heavy atom. The molecule has 1 amide bonds. The molecule has 0 bridgehead atoms. The summed E-state index contributed by atoms with van der Waals surface area (Å²) < 4.78 is 5.35. The van der Waals surface area contributed by atoms with Gasteiger partial charge in [-0.3, -0.25) is 4.79 Å². The van der Waals surface area contributed by atoms with E-state index in [9.17, 15) is 4.79 Å². The molecule has 0 atom stereocenters. The lowest BCUT2D eigenvalue weighted by molar-refractivity contribution is 0.0949. The van der Waals surface area contributed by atoms with E-state index in [1.807, 2.05) is 39.0 Å². The van der Waals surface area contributed by atoms with Gasteiger partial charge in [0.15, 0.2) is 0 Å². The standard InChI is InChI=1S/C25H24N2O2/c1-15-7-9-19(10-8-15)24-18(4)22(25(28)26-14-20-6-5-11-29-20)21-13-16(2)12-17(3)23(21)27-24/h5-13H,14H2,1-4H3,(H,26,28). The molecule has 0 aliphatic carbocycles. The second-order valence-electron chi connectivity index (χ2n) is 7.57. The maximum Gasteiger partial charge on any atom is 0.252 e. The molecule has 4 heteroatoms.